The van der Waals surface area contributed by atoms with Crippen LogP contribution in [0.15, 0.2) is 12.1 Å². The molecule has 3 aliphatic rings. The SMILES string of the molecule is CCCCC=Cc1c(CO)cc2c(c1C)[C@H]1CC[C@]3(C)CCC[C@H]3[C@@H]1CC2=O. The fourth-order valence-electron chi connectivity index (χ4n) is 6.76. The lowest BCUT2D eigenvalue weighted by Crippen LogP contribution is -2.41. The lowest BCUT2D eigenvalue weighted by atomic mass is 9.55. The van der Waals surface area contributed by atoms with Crippen LogP contribution < -0.4 is 0 Å². The Labute approximate surface area is 170 Å². The van der Waals surface area contributed by atoms with Crippen LogP contribution in [0.25, 0.3) is 6.08 Å². The zero-order valence-electron chi connectivity index (χ0n) is 17.9. The molecule has 3 aliphatic carbocycles. The van der Waals surface area contributed by atoms with Crippen molar-refractivity contribution in [3.8, 4) is 0 Å². The Hall–Kier alpha value is -1.41. The second-order valence-electron chi connectivity index (χ2n) is 9.83. The smallest absolute Gasteiger partial charge is 0.163 e. The van der Waals surface area contributed by atoms with E-state index < -0.39 is 0 Å². The van der Waals surface area contributed by atoms with Crippen LogP contribution >= 0.6 is 0 Å². The number of hydrogen-bond donors (Lipinski definition) is 1. The van der Waals surface area contributed by atoms with Gasteiger partial charge >= 0.3 is 0 Å². The first-order valence-corrected chi connectivity index (χ1v) is 11.5. The van der Waals surface area contributed by atoms with Crippen molar-refractivity contribution in [2.45, 2.75) is 91.1 Å². The highest BCUT2D eigenvalue weighted by molar-refractivity contribution is 6.00. The molecule has 4 rings (SSSR count). The van der Waals surface area contributed by atoms with Crippen molar-refractivity contribution in [1.82, 2.24) is 0 Å². The highest BCUT2D eigenvalue weighted by atomic mass is 16.3. The number of aliphatic hydroxyl groups is 1. The van der Waals surface area contributed by atoms with Gasteiger partial charge in [0.25, 0.3) is 0 Å². The standard InChI is InChI=1S/C26H36O2/c1-4-5-6-7-9-19-17(2)25-20-11-13-26(3)12-8-10-23(26)21(20)15-24(28)22(25)14-18(19)16-27/h7,9,14,20-21,23,27H,4-6,8,10-13,15-16H2,1-3H3/t20-,21+,23-,26-/m0/s1. The van der Waals surface area contributed by atoms with Gasteiger partial charge in [0.1, 0.15) is 0 Å². The minimum Gasteiger partial charge on any atom is -0.392 e. The van der Waals surface area contributed by atoms with E-state index in [4.69, 9.17) is 0 Å². The van der Waals surface area contributed by atoms with Crippen LogP contribution in [0.5, 0.6) is 0 Å². The highest BCUT2D eigenvalue weighted by Crippen LogP contribution is 2.61. The van der Waals surface area contributed by atoms with Gasteiger partial charge in [-0.15, -0.1) is 0 Å². The van der Waals surface area contributed by atoms with Gasteiger partial charge in [0.15, 0.2) is 5.78 Å². The Morgan fingerprint density at radius 2 is 2.11 bits per heavy atom. The van der Waals surface area contributed by atoms with Crippen molar-refractivity contribution in [2.75, 3.05) is 0 Å². The molecule has 1 N–H and O–H groups in total. The van der Waals surface area contributed by atoms with E-state index in [-0.39, 0.29) is 6.61 Å². The Morgan fingerprint density at radius 1 is 1.29 bits per heavy atom. The lowest BCUT2D eigenvalue weighted by molar-refractivity contribution is 0.0525. The molecule has 152 valence electrons. The van der Waals surface area contributed by atoms with Crippen LogP contribution in [-0.4, -0.2) is 10.9 Å². The van der Waals surface area contributed by atoms with E-state index in [0.29, 0.717) is 35.4 Å². The summed E-state index contributed by atoms with van der Waals surface area (Å²) in [5.74, 6) is 2.08. The maximum atomic E-state index is 13.2. The largest absolute Gasteiger partial charge is 0.392 e. The lowest BCUT2D eigenvalue weighted by Gasteiger charge is -2.49. The van der Waals surface area contributed by atoms with Crippen LogP contribution in [0.4, 0.5) is 0 Å². The number of carbonyl (C=O) groups is 1. The maximum Gasteiger partial charge on any atom is 0.163 e. The number of rotatable bonds is 5. The molecule has 4 atom stereocenters. The van der Waals surface area contributed by atoms with Gasteiger partial charge in [0, 0.05) is 12.0 Å². The quantitative estimate of drug-likeness (QED) is 0.586. The van der Waals surface area contributed by atoms with E-state index in [0.717, 1.165) is 23.1 Å². The predicted octanol–water partition coefficient (Wildman–Crippen LogP) is 6.58. The summed E-state index contributed by atoms with van der Waals surface area (Å²) in [6.07, 6.45) is 15.1. The first kappa shape index (κ1) is 19.9. The first-order chi connectivity index (χ1) is 13.5. The highest BCUT2D eigenvalue weighted by Gasteiger charge is 2.52. The van der Waals surface area contributed by atoms with Crippen LogP contribution in [0.2, 0.25) is 0 Å². The summed E-state index contributed by atoms with van der Waals surface area (Å²) >= 11 is 0. The molecule has 28 heavy (non-hydrogen) atoms. The molecule has 2 heteroatoms. The molecule has 0 unspecified atom stereocenters. The molecule has 0 saturated heterocycles. The molecule has 0 heterocycles. The minimum absolute atomic E-state index is 0.00361. The summed E-state index contributed by atoms with van der Waals surface area (Å²) in [4.78, 5) is 13.2. The van der Waals surface area contributed by atoms with Crippen molar-refractivity contribution >= 4 is 11.9 Å². The summed E-state index contributed by atoms with van der Waals surface area (Å²) in [6, 6.07) is 2.02. The van der Waals surface area contributed by atoms with E-state index in [2.05, 4.69) is 32.9 Å². The van der Waals surface area contributed by atoms with Crippen molar-refractivity contribution in [3.05, 3.63) is 40.0 Å². The Morgan fingerprint density at radius 3 is 2.86 bits per heavy atom. The minimum atomic E-state index is 0.00361. The zero-order valence-corrected chi connectivity index (χ0v) is 17.9. The van der Waals surface area contributed by atoms with Crippen molar-refractivity contribution in [2.24, 2.45) is 17.3 Å². The van der Waals surface area contributed by atoms with Gasteiger partial charge in [-0.3, -0.25) is 4.79 Å². The van der Waals surface area contributed by atoms with E-state index in [1.807, 2.05) is 6.07 Å². The number of unbranched alkanes of at least 4 members (excludes halogenated alkanes) is 2. The van der Waals surface area contributed by atoms with Crippen molar-refractivity contribution in [3.63, 3.8) is 0 Å². The summed E-state index contributed by atoms with van der Waals surface area (Å²) in [5, 5.41) is 9.98. The Kier molecular flexibility index (Phi) is 5.53. The second kappa shape index (κ2) is 7.78. The zero-order chi connectivity index (χ0) is 19.9. The first-order valence-electron chi connectivity index (χ1n) is 11.5. The summed E-state index contributed by atoms with van der Waals surface area (Å²) < 4.78 is 0. The molecule has 0 aromatic heterocycles. The third kappa shape index (κ3) is 3.18. The average molecular weight is 381 g/mol. The topological polar surface area (TPSA) is 37.3 Å². The van der Waals surface area contributed by atoms with Gasteiger partial charge in [-0.25, -0.2) is 0 Å². The van der Waals surface area contributed by atoms with E-state index in [9.17, 15) is 9.90 Å². The monoisotopic (exact) mass is 380 g/mol. The van der Waals surface area contributed by atoms with Gasteiger partial charge in [-0.1, -0.05) is 45.3 Å². The Balaban J connectivity index is 1.76. The molecule has 1 aromatic rings. The fourth-order valence-corrected chi connectivity index (χ4v) is 6.76. The van der Waals surface area contributed by atoms with E-state index in [1.54, 1.807) is 0 Å². The summed E-state index contributed by atoms with van der Waals surface area (Å²) in [6.45, 7) is 6.88. The molecule has 1 aromatic carbocycles. The average Bonchev–Trinajstić information content (AvgIpc) is 3.08. The summed E-state index contributed by atoms with van der Waals surface area (Å²) in [7, 11) is 0. The van der Waals surface area contributed by atoms with Crippen LogP contribution in [0.1, 0.15) is 110 Å². The number of benzene rings is 1. The Bertz CT molecular complexity index is 790. The molecule has 0 aliphatic heterocycles. The molecule has 0 spiro atoms. The van der Waals surface area contributed by atoms with Gasteiger partial charge in [0.05, 0.1) is 6.61 Å². The van der Waals surface area contributed by atoms with Gasteiger partial charge in [-0.05, 0) is 90.5 Å². The molecule has 2 fully saturated rings. The van der Waals surface area contributed by atoms with Gasteiger partial charge in [-0.2, -0.15) is 0 Å². The molecule has 0 bridgehead atoms. The van der Waals surface area contributed by atoms with Gasteiger partial charge in [0.2, 0.25) is 0 Å². The maximum absolute atomic E-state index is 13.2. The normalized spacial score (nSPS) is 31.7. The number of fused-ring (bicyclic) bond motifs is 5. The van der Waals surface area contributed by atoms with Gasteiger partial charge < -0.3 is 5.11 Å². The number of hydrogen-bond acceptors (Lipinski definition) is 2. The second-order valence-corrected chi connectivity index (χ2v) is 9.83. The van der Waals surface area contributed by atoms with Crippen LogP contribution in [0, 0.1) is 24.2 Å². The number of aliphatic hydroxyl groups excluding tert-OH is 1. The molecule has 0 radical (unpaired) electrons. The molecule has 0 amide bonds. The van der Waals surface area contributed by atoms with Crippen molar-refractivity contribution < 1.29 is 9.90 Å². The molecule has 2 nitrogen and oxygen atoms in total. The number of ketones is 1. The number of allylic oxidation sites excluding steroid dienone is 1. The number of Topliss-reactive ketones (excluding diaryl/α,β-unsaturated/α-hetero) is 1. The molecular formula is C26H36O2. The van der Waals surface area contributed by atoms with E-state index >= 15 is 0 Å². The van der Waals surface area contributed by atoms with Crippen LogP contribution in [0.3, 0.4) is 0 Å². The third-order valence-corrected chi connectivity index (χ3v) is 8.25. The van der Waals surface area contributed by atoms with Crippen molar-refractivity contribution in [1.29, 1.82) is 0 Å². The molecular weight excluding hydrogens is 344 g/mol. The van der Waals surface area contributed by atoms with Crippen LogP contribution in [-0.2, 0) is 6.61 Å². The third-order valence-electron chi connectivity index (χ3n) is 8.25. The summed E-state index contributed by atoms with van der Waals surface area (Å²) in [5.41, 5.74) is 6.01. The van der Waals surface area contributed by atoms with E-state index in [1.165, 1.54) is 56.1 Å². The predicted molar refractivity (Wildman–Crippen MR) is 116 cm³/mol. The molecule has 2 saturated carbocycles. The number of carbonyl (C=O) groups excluding carboxylic acids is 1. The fraction of sp³-hybridized carbons (Fsp3) is 0.654.